The molecule has 4 aromatic rings. The minimum atomic E-state index is -0.147. The highest BCUT2D eigenvalue weighted by Crippen LogP contribution is 2.18. The molecule has 0 spiro atoms. The molecule has 1 aromatic heterocycles. The van der Waals surface area contributed by atoms with Crippen LogP contribution >= 0.6 is 0 Å². The maximum absolute atomic E-state index is 12.7. The Labute approximate surface area is 210 Å². The predicted octanol–water partition coefficient (Wildman–Crippen LogP) is 4.33. The van der Waals surface area contributed by atoms with Gasteiger partial charge in [0.25, 0.3) is 5.91 Å². The van der Waals surface area contributed by atoms with Crippen LogP contribution in [0.15, 0.2) is 72.9 Å². The van der Waals surface area contributed by atoms with E-state index in [1.54, 1.807) is 6.20 Å². The zero-order valence-corrected chi connectivity index (χ0v) is 20.3. The van der Waals surface area contributed by atoms with Gasteiger partial charge in [-0.3, -0.25) is 9.59 Å². The van der Waals surface area contributed by atoms with Crippen LogP contribution in [0.4, 0.5) is 11.5 Å². The SMILES string of the molecule is CN(CC(=O)N1CCCC1)c1[c]cnc(Cc2ccc(NC(=O)c3ccc4ccccc4c3)cc2)n1. The molecule has 0 bridgehead atoms. The molecule has 0 saturated carbocycles. The van der Waals surface area contributed by atoms with Crippen molar-refractivity contribution in [2.75, 3.05) is 36.9 Å². The van der Waals surface area contributed by atoms with Crippen molar-refractivity contribution in [2.24, 2.45) is 0 Å². The zero-order valence-electron chi connectivity index (χ0n) is 20.3. The highest BCUT2D eigenvalue weighted by Gasteiger charge is 2.20. The van der Waals surface area contributed by atoms with Gasteiger partial charge in [-0.2, -0.15) is 0 Å². The molecule has 7 heteroatoms. The average Bonchev–Trinajstić information content (AvgIpc) is 3.45. The Morgan fingerprint density at radius 3 is 2.53 bits per heavy atom. The summed E-state index contributed by atoms with van der Waals surface area (Å²) >= 11 is 0. The van der Waals surface area contributed by atoms with E-state index in [4.69, 9.17) is 0 Å². The lowest BCUT2D eigenvalue weighted by Gasteiger charge is -2.22. The van der Waals surface area contributed by atoms with Crippen LogP contribution in [-0.4, -0.2) is 53.4 Å². The fourth-order valence-corrected chi connectivity index (χ4v) is 4.40. The molecule has 1 aliphatic heterocycles. The topological polar surface area (TPSA) is 78.4 Å². The van der Waals surface area contributed by atoms with Gasteiger partial charge < -0.3 is 15.1 Å². The molecule has 0 aliphatic carbocycles. The highest BCUT2D eigenvalue weighted by molar-refractivity contribution is 6.06. The predicted molar refractivity (Wildman–Crippen MR) is 141 cm³/mol. The van der Waals surface area contributed by atoms with Crippen molar-refractivity contribution in [2.45, 2.75) is 19.3 Å². The van der Waals surface area contributed by atoms with Crippen LogP contribution in [-0.2, 0) is 11.2 Å². The molecule has 181 valence electrons. The molecule has 1 aliphatic rings. The Balaban J connectivity index is 1.20. The van der Waals surface area contributed by atoms with Gasteiger partial charge in [0.05, 0.1) is 6.54 Å². The Bertz CT molecular complexity index is 1380. The lowest BCUT2D eigenvalue weighted by molar-refractivity contribution is -0.128. The maximum atomic E-state index is 12.7. The molecule has 1 N–H and O–H groups in total. The lowest BCUT2D eigenvalue weighted by Crippen LogP contribution is -2.37. The van der Waals surface area contributed by atoms with E-state index in [2.05, 4.69) is 21.4 Å². The maximum Gasteiger partial charge on any atom is 0.255 e. The third kappa shape index (κ3) is 5.51. The van der Waals surface area contributed by atoms with Gasteiger partial charge in [-0.1, -0.05) is 42.5 Å². The summed E-state index contributed by atoms with van der Waals surface area (Å²) in [4.78, 5) is 37.9. The standard InChI is InChI=1S/C29H28N5O2/c1-33(20-28(35)34-16-4-5-17-34)27-14-15-30-26(32-27)18-21-8-12-25(13-9-21)31-29(36)24-11-10-22-6-2-3-7-23(22)19-24/h2-3,6-13,15,19H,4-5,16-18,20H2,1H3,(H,31,36). The summed E-state index contributed by atoms with van der Waals surface area (Å²) in [6.07, 6.45) is 4.29. The fraction of sp³-hybridized carbons (Fsp3) is 0.241. The smallest absolute Gasteiger partial charge is 0.255 e. The van der Waals surface area contributed by atoms with Crippen LogP contribution in [0.1, 0.15) is 34.6 Å². The summed E-state index contributed by atoms with van der Waals surface area (Å²) in [6.45, 7) is 1.95. The molecule has 2 amide bonds. The Kier molecular flexibility index (Phi) is 6.89. The van der Waals surface area contributed by atoms with Gasteiger partial charge in [0.15, 0.2) is 0 Å². The van der Waals surface area contributed by atoms with Crippen molar-refractivity contribution < 1.29 is 9.59 Å². The first kappa shape index (κ1) is 23.5. The first-order valence-corrected chi connectivity index (χ1v) is 12.2. The van der Waals surface area contributed by atoms with E-state index in [-0.39, 0.29) is 18.4 Å². The van der Waals surface area contributed by atoms with Crippen molar-refractivity contribution in [3.63, 3.8) is 0 Å². The monoisotopic (exact) mass is 478 g/mol. The van der Waals surface area contributed by atoms with Crippen molar-refractivity contribution in [1.82, 2.24) is 14.9 Å². The number of likely N-dealkylation sites (tertiary alicyclic amines) is 1. The second-order valence-electron chi connectivity index (χ2n) is 9.09. The van der Waals surface area contributed by atoms with Gasteiger partial charge in [-0.05, 0) is 53.4 Å². The van der Waals surface area contributed by atoms with Gasteiger partial charge in [0.2, 0.25) is 5.91 Å². The largest absolute Gasteiger partial charge is 0.350 e. The van der Waals surface area contributed by atoms with E-state index in [9.17, 15) is 9.59 Å². The number of anilines is 2. The minimum absolute atomic E-state index is 0.116. The average molecular weight is 479 g/mol. The summed E-state index contributed by atoms with van der Waals surface area (Å²) in [7, 11) is 1.85. The second kappa shape index (κ2) is 10.6. The number of fused-ring (bicyclic) bond motifs is 1. The van der Waals surface area contributed by atoms with E-state index in [0.717, 1.165) is 48.0 Å². The first-order chi connectivity index (χ1) is 17.5. The molecule has 2 heterocycles. The summed E-state index contributed by atoms with van der Waals surface area (Å²) in [5.74, 6) is 1.22. The fourth-order valence-electron chi connectivity index (χ4n) is 4.40. The molecule has 1 radical (unpaired) electrons. The molecule has 0 atom stereocenters. The van der Waals surface area contributed by atoms with Gasteiger partial charge in [0.1, 0.15) is 11.6 Å². The van der Waals surface area contributed by atoms with Gasteiger partial charge in [-0.15, -0.1) is 0 Å². The molecule has 3 aromatic carbocycles. The van der Waals surface area contributed by atoms with Gasteiger partial charge >= 0.3 is 0 Å². The number of hydrogen-bond acceptors (Lipinski definition) is 5. The molecule has 5 rings (SSSR count). The van der Waals surface area contributed by atoms with E-state index in [0.29, 0.717) is 23.6 Å². The Morgan fingerprint density at radius 1 is 1.00 bits per heavy atom. The number of likely N-dealkylation sites (N-methyl/N-ethyl adjacent to an activating group) is 1. The number of nitrogens with one attached hydrogen (secondary N) is 1. The number of hydrogen-bond donors (Lipinski definition) is 1. The number of carbonyl (C=O) groups is 2. The zero-order chi connectivity index (χ0) is 24.9. The highest BCUT2D eigenvalue weighted by atomic mass is 16.2. The van der Waals surface area contributed by atoms with Crippen LogP contribution in [0.2, 0.25) is 0 Å². The lowest BCUT2D eigenvalue weighted by atomic mass is 10.1. The van der Waals surface area contributed by atoms with Crippen LogP contribution in [0.25, 0.3) is 10.8 Å². The van der Waals surface area contributed by atoms with Crippen LogP contribution < -0.4 is 10.2 Å². The molecular weight excluding hydrogens is 450 g/mol. The molecule has 1 saturated heterocycles. The van der Waals surface area contributed by atoms with Crippen molar-refractivity contribution in [3.05, 3.63) is 95.9 Å². The van der Waals surface area contributed by atoms with Gasteiger partial charge in [0, 0.05) is 50.1 Å². The minimum Gasteiger partial charge on any atom is -0.350 e. The second-order valence-corrected chi connectivity index (χ2v) is 9.09. The van der Waals surface area contributed by atoms with Crippen LogP contribution in [0, 0.1) is 6.07 Å². The molecule has 7 nitrogen and oxygen atoms in total. The van der Waals surface area contributed by atoms with E-state index >= 15 is 0 Å². The van der Waals surface area contributed by atoms with E-state index in [1.165, 1.54) is 0 Å². The number of amides is 2. The molecule has 36 heavy (non-hydrogen) atoms. The first-order valence-electron chi connectivity index (χ1n) is 12.2. The third-order valence-corrected chi connectivity index (χ3v) is 6.42. The normalized spacial score (nSPS) is 13.1. The number of rotatable bonds is 7. The number of nitrogens with zero attached hydrogens (tertiary/aromatic N) is 4. The van der Waals surface area contributed by atoms with Crippen LogP contribution in [0.3, 0.4) is 0 Å². The van der Waals surface area contributed by atoms with Gasteiger partial charge in [-0.25, -0.2) is 9.97 Å². The summed E-state index contributed by atoms with van der Waals surface area (Å²) in [6, 6.07) is 24.4. The molecule has 1 fully saturated rings. The van der Waals surface area contributed by atoms with Crippen molar-refractivity contribution >= 4 is 34.1 Å². The number of benzene rings is 3. The summed E-state index contributed by atoms with van der Waals surface area (Å²) < 4.78 is 0. The Morgan fingerprint density at radius 2 is 1.75 bits per heavy atom. The van der Waals surface area contributed by atoms with E-state index in [1.807, 2.05) is 83.6 Å². The third-order valence-electron chi connectivity index (χ3n) is 6.42. The summed E-state index contributed by atoms with van der Waals surface area (Å²) in [5, 5.41) is 5.10. The Hall–Kier alpha value is -4.26. The number of carbonyl (C=O) groups excluding carboxylic acids is 2. The van der Waals surface area contributed by atoms with Crippen molar-refractivity contribution in [3.8, 4) is 0 Å². The quantitative estimate of drug-likeness (QED) is 0.428. The summed E-state index contributed by atoms with van der Waals surface area (Å²) in [5.41, 5.74) is 2.36. The van der Waals surface area contributed by atoms with Crippen LogP contribution in [0.5, 0.6) is 0 Å². The van der Waals surface area contributed by atoms with E-state index < -0.39 is 0 Å². The molecule has 0 unspecified atom stereocenters. The van der Waals surface area contributed by atoms with Crippen molar-refractivity contribution in [1.29, 1.82) is 0 Å². The number of aromatic nitrogens is 2. The molecular formula is C29H28N5O2.